The zero-order valence-corrected chi connectivity index (χ0v) is 20.8. The molecule has 35 heavy (non-hydrogen) atoms. The molecule has 0 radical (unpaired) electrons. The molecular formula is C29H25BrN2O3. The van der Waals surface area contributed by atoms with Crippen LogP contribution in [-0.2, 0) is 11.2 Å². The first-order chi connectivity index (χ1) is 17.0. The third kappa shape index (κ3) is 6.80. The smallest absolute Gasteiger partial charge is 0.267 e. The molecule has 3 aromatic carbocycles. The minimum absolute atomic E-state index is 0.111. The summed E-state index contributed by atoms with van der Waals surface area (Å²) in [4.78, 5) is 25.9. The quantitative estimate of drug-likeness (QED) is 0.269. The van der Waals surface area contributed by atoms with Crippen molar-refractivity contribution in [3.8, 4) is 11.3 Å². The molecular weight excluding hydrogens is 504 g/mol. The number of hydrogen-bond acceptors (Lipinski definition) is 3. The second-order valence-electron chi connectivity index (χ2n) is 8.08. The first-order valence-electron chi connectivity index (χ1n) is 11.3. The molecule has 2 N–H and O–H groups in total. The molecule has 0 fully saturated rings. The van der Waals surface area contributed by atoms with E-state index >= 15 is 0 Å². The monoisotopic (exact) mass is 528 g/mol. The third-order valence-electron chi connectivity index (χ3n) is 5.39. The lowest BCUT2D eigenvalue weighted by atomic mass is 10.1. The lowest BCUT2D eigenvalue weighted by Crippen LogP contribution is -2.35. The summed E-state index contributed by atoms with van der Waals surface area (Å²) in [7, 11) is 0. The summed E-state index contributed by atoms with van der Waals surface area (Å²) in [6.07, 6.45) is 2.23. The number of carbonyl (C=O) groups is 2. The van der Waals surface area contributed by atoms with Crippen molar-refractivity contribution in [2.75, 3.05) is 6.54 Å². The van der Waals surface area contributed by atoms with E-state index in [4.69, 9.17) is 4.42 Å². The van der Waals surface area contributed by atoms with Crippen LogP contribution in [0.3, 0.4) is 0 Å². The normalized spacial score (nSPS) is 11.2. The Labute approximate surface area is 213 Å². The predicted molar refractivity (Wildman–Crippen MR) is 142 cm³/mol. The second-order valence-corrected chi connectivity index (χ2v) is 8.99. The number of halogens is 1. The number of carbonyl (C=O) groups excluding carboxylic acids is 2. The number of rotatable bonds is 8. The molecule has 176 valence electrons. The molecule has 0 aliphatic rings. The number of aryl methyl sites for hydroxylation is 1. The maximum absolute atomic E-state index is 13.0. The molecule has 4 aromatic rings. The topological polar surface area (TPSA) is 71.3 Å². The van der Waals surface area contributed by atoms with Gasteiger partial charge in [-0.05, 0) is 55.3 Å². The van der Waals surface area contributed by atoms with Gasteiger partial charge in [0, 0.05) is 28.2 Å². The third-order valence-corrected chi connectivity index (χ3v) is 5.92. The van der Waals surface area contributed by atoms with E-state index in [1.165, 1.54) is 0 Å². The number of hydrogen-bond donors (Lipinski definition) is 2. The molecule has 6 heteroatoms. The van der Waals surface area contributed by atoms with E-state index in [1.54, 1.807) is 24.3 Å². The van der Waals surface area contributed by atoms with Crippen molar-refractivity contribution in [2.45, 2.75) is 13.3 Å². The fraction of sp³-hybridized carbons (Fsp3) is 0.103. The molecule has 5 nitrogen and oxygen atoms in total. The van der Waals surface area contributed by atoms with Crippen LogP contribution in [0, 0.1) is 6.92 Å². The van der Waals surface area contributed by atoms with Gasteiger partial charge in [0.1, 0.15) is 17.2 Å². The van der Waals surface area contributed by atoms with Crippen LogP contribution in [0.5, 0.6) is 0 Å². The number of nitrogens with one attached hydrogen (secondary N) is 2. The summed E-state index contributed by atoms with van der Waals surface area (Å²) in [6.45, 7) is 2.38. The van der Waals surface area contributed by atoms with Crippen molar-refractivity contribution in [3.05, 3.63) is 124 Å². The van der Waals surface area contributed by atoms with Gasteiger partial charge in [0.05, 0.1) is 0 Å². The Morgan fingerprint density at radius 3 is 2.31 bits per heavy atom. The van der Waals surface area contributed by atoms with Gasteiger partial charge < -0.3 is 15.1 Å². The van der Waals surface area contributed by atoms with Gasteiger partial charge in [-0.25, -0.2) is 0 Å². The predicted octanol–water partition coefficient (Wildman–Crippen LogP) is 6.15. The maximum Gasteiger partial charge on any atom is 0.267 e. The van der Waals surface area contributed by atoms with Gasteiger partial charge in [-0.3, -0.25) is 9.59 Å². The van der Waals surface area contributed by atoms with E-state index in [0.717, 1.165) is 21.2 Å². The highest BCUT2D eigenvalue weighted by Gasteiger charge is 2.16. The minimum atomic E-state index is -0.386. The molecule has 0 aliphatic carbocycles. The van der Waals surface area contributed by atoms with Crippen LogP contribution in [0.25, 0.3) is 17.4 Å². The van der Waals surface area contributed by atoms with Crippen molar-refractivity contribution >= 4 is 33.8 Å². The summed E-state index contributed by atoms with van der Waals surface area (Å²) < 4.78 is 6.92. The fourth-order valence-corrected chi connectivity index (χ4v) is 3.72. The van der Waals surface area contributed by atoms with Gasteiger partial charge in [-0.15, -0.1) is 0 Å². The van der Waals surface area contributed by atoms with Crippen LogP contribution in [0.2, 0.25) is 0 Å². The highest BCUT2D eigenvalue weighted by atomic mass is 79.9. The van der Waals surface area contributed by atoms with Crippen LogP contribution >= 0.6 is 15.9 Å². The summed E-state index contributed by atoms with van der Waals surface area (Å²) in [5.41, 5.74) is 3.65. The molecule has 1 heterocycles. The standard InChI is InChI=1S/C29H25BrN2O3/c1-20-7-9-23(10-8-20)28(33)32-26(29(34)31-18-17-21-5-3-2-4-6-21)19-25-15-16-27(35-25)22-11-13-24(30)14-12-22/h2-16,19H,17-18H2,1H3,(H,31,34)(H,32,33)/b26-19-. The first-order valence-corrected chi connectivity index (χ1v) is 12.0. The lowest BCUT2D eigenvalue weighted by Gasteiger charge is -2.11. The lowest BCUT2D eigenvalue weighted by molar-refractivity contribution is -0.117. The minimum Gasteiger partial charge on any atom is -0.457 e. The fourth-order valence-electron chi connectivity index (χ4n) is 3.46. The highest BCUT2D eigenvalue weighted by molar-refractivity contribution is 9.10. The highest BCUT2D eigenvalue weighted by Crippen LogP contribution is 2.25. The van der Waals surface area contributed by atoms with Crippen molar-refractivity contribution in [3.63, 3.8) is 0 Å². The molecule has 0 saturated carbocycles. The van der Waals surface area contributed by atoms with Crippen molar-refractivity contribution in [1.29, 1.82) is 0 Å². The Balaban J connectivity index is 1.53. The Morgan fingerprint density at radius 2 is 1.60 bits per heavy atom. The molecule has 0 spiro atoms. The van der Waals surface area contributed by atoms with E-state index in [2.05, 4.69) is 26.6 Å². The van der Waals surface area contributed by atoms with Gasteiger partial charge in [0.2, 0.25) is 0 Å². The van der Waals surface area contributed by atoms with Crippen LogP contribution in [-0.4, -0.2) is 18.4 Å². The molecule has 2 amide bonds. The van der Waals surface area contributed by atoms with Crippen LogP contribution in [0.15, 0.2) is 106 Å². The molecule has 0 aliphatic heterocycles. The van der Waals surface area contributed by atoms with E-state index < -0.39 is 0 Å². The molecule has 0 unspecified atom stereocenters. The Bertz CT molecular complexity index is 1320. The molecule has 4 rings (SSSR count). The second kappa shape index (κ2) is 11.5. The first kappa shape index (κ1) is 24.2. The number of benzene rings is 3. The average Bonchev–Trinajstić information content (AvgIpc) is 3.33. The van der Waals surface area contributed by atoms with Crippen molar-refractivity contribution < 1.29 is 14.0 Å². The van der Waals surface area contributed by atoms with Gasteiger partial charge in [0.25, 0.3) is 11.8 Å². The van der Waals surface area contributed by atoms with E-state index in [0.29, 0.717) is 30.0 Å². The maximum atomic E-state index is 13.0. The van der Waals surface area contributed by atoms with Crippen molar-refractivity contribution in [2.24, 2.45) is 0 Å². The van der Waals surface area contributed by atoms with E-state index in [-0.39, 0.29) is 17.5 Å². The van der Waals surface area contributed by atoms with E-state index in [9.17, 15) is 9.59 Å². The van der Waals surface area contributed by atoms with Crippen molar-refractivity contribution in [1.82, 2.24) is 10.6 Å². The Kier molecular flexibility index (Phi) is 7.95. The van der Waals surface area contributed by atoms with Gasteiger partial charge >= 0.3 is 0 Å². The summed E-state index contributed by atoms with van der Waals surface area (Å²) >= 11 is 3.43. The summed E-state index contributed by atoms with van der Waals surface area (Å²) in [6, 6.07) is 28.4. The Hall–Kier alpha value is -3.90. The largest absolute Gasteiger partial charge is 0.457 e. The zero-order valence-electron chi connectivity index (χ0n) is 19.3. The van der Waals surface area contributed by atoms with Gasteiger partial charge in [-0.2, -0.15) is 0 Å². The summed E-state index contributed by atoms with van der Waals surface area (Å²) in [5.74, 6) is 0.370. The molecule has 0 bridgehead atoms. The SMILES string of the molecule is Cc1ccc(C(=O)N/C(=C\c2ccc(-c3ccc(Br)cc3)o2)C(=O)NCCc2ccccc2)cc1. The average molecular weight is 529 g/mol. The van der Waals surface area contributed by atoms with Gasteiger partial charge in [0.15, 0.2) is 0 Å². The molecule has 0 atom stereocenters. The zero-order chi connectivity index (χ0) is 24.6. The molecule has 1 aromatic heterocycles. The van der Waals surface area contributed by atoms with Crippen LogP contribution < -0.4 is 10.6 Å². The molecule has 0 saturated heterocycles. The van der Waals surface area contributed by atoms with Crippen LogP contribution in [0.4, 0.5) is 0 Å². The summed E-state index contributed by atoms with van der Waals surface area (Å²) in [5, 5.41) is 5.64. The Morgan fingerprint density at radius 1 is 0.886 bits per heavy atom. The van der Waals surface area contributed by atoms with Gasteiger partial charge in [-0.1, -0.05) is 76.1 Å². The van der Waals surface area contributed by atoms with E-state index in [1.807, 2.05) is 79.7 Å². The number of furan rings is 1. The number of amides is 2. The van der Waals surface area contributed by atoms with Crippen LogP contribution in [0.1, 0.15) is 27.2 Å².